The Hall–Kier alpha value is -1.53. The van der Waals surface area contributed by atoms with Crippen LogP contribution in [0.1, 0.15) is 18.9 Å². The molecule has 6 heteroatoms. The average Bonchev–Trinajstić information content (AvgIpc) is 2.29. The maximum Gasteiger partial charge on any atom is 0.304 e. The van der Waals surface area contributed by atoms with Gasteiger partial charge in [0.15, 0.2) is 0 Å². The molecule has 0 saturated carbocycles. The molecule has 0 amide bonds. The van der Waals surface area contributed by atoms with Gasteiger partial charge in [0, 0.05) is 19.2 Å². The first-order valence-electron chi connectivity index (χ1n) is 5.79. The molecule has 0 fully saturated rings. The lowest BCUT2D eigenvalue weighted by atomic mass is 10.1. The molecule has 0 aromatic heterocycles. The van der Waals surface area contributed by atoms with Crippen LogP contribution in [0.15, 0.2) is 18.2 Å². The first-order chi connectivity index (χ1) is 8.54. The molecule has 0 aliphatic rings. The van der Waals surface area contributed by atoms with Crippen molar-refractivity contribution >= 4 is 5.69 Å². The van der Waals surface area contributed by atoms with Gasteiger partial charge in [-0.1, -0.05) is 13.0 Å². The van der Waals surface area contributed by atoms with Crippen molar-refractivity contribution in [1.82, 2.24) is 5.32 Å². The highest BCUT2D eigenvalue weighted by molar-refractivity contribution is 5.34. The van der Waals surface area contributed by atoms with E-state index >= 15 is 0 Å². The van der Waals surface area contributed by atoms with Crippen LogP contribution in [-0.4, -0.2) is 23.2 Å². The topological polar surface area (TPSA) is 75.4 Å². The zero-order chi connectivity index (χ0) is 13.5. The van der Waals surface area contributed by atoms with Gasteiger partial charge >= 0.3 is 5.69 Å². The van der Waals surface area contributed by atoms with Crippen molar-refractivity contribution in [1.29, 1.82) is 0 Å². The summed E-state index contributed by atoms with van der Waals surface area (Å²) in [6.45, 7) is 3.30. The highest BCUT2D eigenvalue weighted by Gasteiger charge is 2.13. The lowest BCUT2D eigenvalue weighted by Gasteiger charge is -2.11. The minimum Gasteiger partial charge on any atom is -0.396 e. The van der Waals surface area contributed by atoms with Crippen LogP contribution in [-0.2, 0) is 6.54 Å². The van der Waals surface area contributed by atoms with Crippen molar-refractivity contribution in [2.45, 2.75) is 19.9 Å². The zero-order valence-electron chi connectivity index (χ0n) is 10.2. The summed E-state index contributed by atoms with van der Waals surface area (Å²) in [6.07, 6.45) is 0.710. The van der Waals surface area contributed by atoms with Gasteiger partial charge < -0.3 is 10.4 Å². The van der Waals surface area contributed by atoms with E-state index in [4.69, 9.17) is 5.11 Å². The number of rotatable bonds is 7. The first kappa shape index (κ1) is 14.5. The van der Waals surface area contributed by atoms with Crippen LogP contribution in [0.2, 0.25) is 0 Å². The van der Waals surface area contributed by atoms with Crippen molar-refractivity contribution in [2.75, 3.05) is 13.2 Å². The van der Waals surface area contributed by atoms with Gasteiger partial charge in [-0.2, -0.15) is 4.39 Å². The van der Waals surface area contributed by atoms with Gasteiger partial charge in [-0.3, -0.25) is 10.1 Å². The highest BCUT2D eigenvalue weighted by atomic mass is 19.1. The maximum absolute atomic E-state index is 13.3. The minimum atomic E-state index is -0.817. The third-order valence-electron chi connectivity index (χ3n) is 2.65. The Kier molecular flexibility index (Phi) is 5.67. The van der Waals surface area contributed by atoms with Crippen molar-refractivity contribution < 1.29 is 14.4 Å². The minimum absolute atomic E-state index is 0.148. The first-order valence-corrected chi connectivity index (χ1v) is 5.79. The van der Waals surface area contributed by atoms with Gasteiger partial charge in [0.2, 0.25) is 5.82 Å². The van der Waals surface area contributed by atoms with E-state index in [0.29, 0.717) is 31.0 Å². The van der Waals surface area contributed by atoms with Gasteiger partial charge in [0.25, 0.3) is 0 Å². The summed E-state index contributed by atoms with van der Waals surface area (Å²) in [5, 5.41) is 22.3. The Morgan fingerprint density at radius 2 is 2.28 bits per heavy atom. The molecule has 1 aromatic carbocycles. The number of nitrogens with one attached hydrogen (secondary N) is 1. The Bertz CT molecular complexity index is 412. The molecular formula is C12H17FN2O3. The molecule has 1 rings (SSSR count). The third-order valence-corrected chi connectivity index (χ3v) is 2.65. The fourth-order valence-electron chi connectivity index (χ4n) is 1.59. The normalized spacial score (nSPS) is 12.4. The van der Waals surface area contributed by atoms with E-state index in [1.165, 1.54) is 18.2 Å². The molecule has 0 spiro atoms. The summed E-state index contributed by atoms with van der Waals surface area (Å²) in [5.74, 6) is -0.486. The lowest BCUT2D eigenvalue weighted by molar-refractivity contribution is -0.387. The summed E-state index contributed by atoms with van der Waals surface area (Å²) in [7, 11) is 0. The van der Waals surface area contributed by atoms with Crippen LogP contribution >= 0.6 is 0 Å². The van der Waals surface area contributed by atoms with Crippen LogP contribution < -0.4 is 5.32 Å². The SMILES string of the molecule is CC(CCO)CNCc1ccc([N+](=O)[O-])c(F)c1. The van der Waals surface area contributed by atoms with Crippen molar-refractivity contribution in [3.8, 4) is 0 Å². The largest absolute Gasteiger partial charge is 0.396 e. The molecule has 100 valence electrons. The van der Waals surface area contributed by atoms with Gasteiger partial charge in [-0.25, -0.2) is 0 Å². The van der Waals surface area contributed by atoms with E-state index in [2.05, 4.69) is 5.32 Å². The molecular weight excluding hydrogens is 239 g/mol. The Morgan fingerprint density at radius 3 is 2.83 bits per heavy atom. The fourth-order valence-corrected chi connectivity index (χ4v) is 1.59. The molecule has 0 radical (unpaired) electrons. The summed E-state index contributed by atoms with van der Waals surface area (Å²) < 4.78 is 13.3. The maximum atomic E-state index is 13.3. The molecule has 18 heavy (non-hydrogen) atoms. The van der Waals surface area contributed by atoms with Crippen LogP contribution in [0.3, 0.4) is 0 Å². The van der Waals surface area contributed by atoms with Crippen molar-refractivity contribution in [2.24, 2.45) is 5.92 Å². The van der Waals surface area contributed by atoms with Gasteiger partial charge in [-0.05, 0) is 30.5 Å². The molecule has 0 aliphatic heterocycles. The standard InChI is InChI=1S/C12H17FN2O3/c1-9(4-5-16)7-14-8-10-2-3-12(15(17)18)11(13)6-10/h2-3,6,9,14,16H,4-5,7-8H2,1H3. The molecule has 0 bridgehead atoms. The summed E-state index contributed by atoms with van der Waals surface area (Å²) in [4.78, 5) is 9.69. The summed E-state index contributed by atoms with van der Waals surface area (Å²) >= 11 is 0. The molecule has 0 heterocycles. The molecule has 0 aliphatic carbocycles. The van der Waals surface area contributed by atoms with Crippen LogP contribution in [0, 0.1) is 21.8 Å². The number of nitro groups is 1. The predicted molar refractivity (Wildman–Crippen MR) is 65.6 cm³/mol. The van der Waals surface area contributed by atoms with E-state index in [1.807, 2.05) is 6.92 Å². The van der Waals surface area contributed by atoms with E-state index in [1.54, 1.807) is 0 Å². The predicted octanol–water partition coefficient (Wildman–Crippen LogP) is 1.84. The van der Waals surface area contributed by atoms with Crippen molar-refractivity contribution in [3.63, 3.8) is 0 Å². The number of aliphatic hydroxyl groups excluding tert-OH is 1. The van der Waals surface area contributed by atoms with E-state index in [0.717, 1.165) is 0 Å². The van der Waals surface area contributed by atoms with Gasteiger partial charge in [-0.15, -0.1) is 0 Å². The number of nitrogens with zero attached hydrogens (tertiary/aromatic N) is 1. The van der Waals surface area contributed by atoms with E-state index in [9.17, 15) is 14.5 Å². The van der Waals surface area contributed by atoms with Crippen LogP contribution in [0.4, 0.5) is 10.1 Å². The second-order valence-electron chi connectivity index (χ2n) is 4.29. The number of benzene rings is 1. The van der Waals surface area contributed by atoms with E-state index in [-0.39, 0.29) is 6.61 Å². The summed E-state index contributed by atoms with van der Waals surface area (Å²) in [6, 6.07) is 3.87. The lowest BCUT2D eigenvalue weighted by Crippen LogP contribution is -2.21. The number of nitro benzene ring substituents is 1. The fraction of sp³-hybridized carbons (Fsp3) is 0.500. The molecule has 0 saturated heterocycles. The quantitative estimate of drug-likeness (QED) is 0.576. The number of halogens is 1. The van der Waals surface area contributed by atoms with Crippen LogP contribution in [0.5, 0.6) is 0 Å². The number of aliphatic hydroxyl groups is 1. The van der Waals surface area contributed by atoms with Gasteiger partial charge in [0.1, 0.15) is 0 Å². The Labute approximate surface area is 105 Å². The van der Waals surface area contributed by atoms with Crippen LogP contribution in [0.25, 0.3) is 0 Å². The molecule has 1 aromatic rings. The number of hydrogen-bond acceptors (Lipinski definition) is 4. The smallest absolute Gasteiger partial charge is 0.304 e. The van der Waals surface area contributed by atoms with Crippen molar-refractivity contribution in [3.05, 3.63) is 39.7 Å². The third kappa shape index (κ3) is 4.38. The zero-order valence-corrected chi connectivity index (χ0v) is 10.2. The summed E-state index contributed by atoms with van der Waals surface area (Å²) in [5.41, 5.74) is 0.154. The monoisotopic (exact) mass is 256 g/mol. The molecule has 2 N–H and O–H groups in total. The molecule has 1 atom stereocenters. The average molecular weight is 256 g/mol. The highest BCUT2D eigenvalue weighted by Crippen LogP contribution is 2.17. The van der Waals surface area contributed by atoms with E-state index < -0.39 is 16.4 Å². The molecule has 5 nitrogen and oxygen atoms in total. The second kappa shape index (κ2) is 7.03. The Balaban J connectivity index is 2.49. The number of hydrogen-bond donors (Lipinski definition) is 2. The Morgan fingerprint density at radius 1 is 1.56 bits per heavy atom. The van der Waals surface area contributed by atoms with Gasteiger partial charge in [0.05, 0.1) is 4.92 Å². The second-order valence-corrected chi connectivity index (χ2v) is 4.29. The molecule has 1 unspecified atom stereocenters.